The molecule has 0 atom stereocenters. The van der Waals surface area contributed by atoms with E-state index >= 15 is 0 Å². The van der Waals surface area contributed by atoms with Crippen LogP contribution in [0.5, 0.6) is 0 Å². The molecule has 5 nitrogen and oxygen atoms in total. The zero-order valence-corrected chi connectivity index (χ0v) is 14.0. The quantitative estimate of drug-likeness (QED) is 0.805. The van der Waals surface area contributed by atoms with Crippen molar-refractivity contribution in [3.05, 3.63) is 53.7 Å². The molecule has 5 heteroatoms. The maximum Gasteiger partial charge on any atom is 0.240 e. The molecule has 1 aliphatic heterocycles. The van der Waals surface area contributed by atoms with E-state index in [9.17, 15) is 0 Å². The highest BCUT2D eigenvalue weighted by molar-refractivity contribution is 5.58. The summed E-state index contributed by atoms with van der Waals surface area (Å²) in [7, 11) is 0. The lowest BCUT2D eigenvalue weighted by Gasteiger charge is -2.33. The lowest BCUT2D eigenvalue weighted by Crippen LogP contribution is -2.34. The first-order valence-electron chi connectivity index (χ1n) is 8.60. The first kappa shape index (κ1) is 15.0. The SMILES string of the molecule is Cc1cc(N2CCC(Cc3ccccc3)CC2)cn2nc(N)nc12. The van der Waals surface area contributed by atoms with E-state index in [4.69, 9.17) is 5.73 Å². The molecular formula is C19H23N5. The van der Waals surface area contributed by atoms with E-state index in [2.05, 4.69) is 58.3 Å². The second-order valence-electron chi connectivity index (χ2n) is 6.74. The van der Waals surface area contributed by atoms with Gasteiger partial charge in [-0.3, -0.25) is 0 Å². The fourth-order valence-corrected chi connectivity index (χ4v) is 3.66. The third-order valence-corrected chi connectivity index (χ3v) is 4.97. The minimum atomic E-state index is 0.330. The molecule has 0 aliphatic carbocycles. The van der Waals surface area contributed by atoms with Gasteiger partial charge in [-0.15, -0.1) is 5.10 Å². The number of nitrogens with zero attached hydrogens (tertiary/aromatic N) is 4. The van der Waals surface area contributed by atoms with Crippen LogP contribution in [0, 0.1) is 12.8 Å². The van der Waals surface area contributed by atoms with Gasteiger partial charge in [0, 0.05) is 13.1 Å². The molecule has 1 aliphatic rings. The lowest BCUT2D eigenvalue weighted by atomic mass is 9.90. The molecule has 2 N–H and O–H groups in total. The maximum atomic E-state index is 5.72. The molecule has 0 unspecified atom stereocenters. The Balaban J connectivity index is 1.46. The van der Waals surface area contributed by atoms with Gasteiger partial charge in [0.1, 0.15) is 0 Å². The highest BCUT2D eigenvalue weighted by atomic mass is 15.3. The second-order valence-corrected chi connectivity index (χ2v) is 6.74. The molecule has 1 saturated heterocycles. The van der Waals surface area contributed by atoms with Crippen LogP contribution in [-0.4, -0.2) is 27.7 Å². The standard InChI is InChI=1S/C19H23N5/c1-14-11-17(13-24-18(14)21-19(20)22-24)23-9-7-16(8-10-23)12-15-5-3-2-4-6-15/h2-6,11,13,16H,7-10,12H2,1H3,(H2,20,22). The van der Waals surface area contributed by atoms with Crippen molar-refractivity contribution < 1.29 is 0 Å². The summed E-state index contributed by atoms with van der Waals surface area (Å²) in [6.45, 7) is 4.24. The molecule has 4 rings (SSSR count). The van der Waals surface area contributed by atoms with Crippen LogP contribution in [0.25, 0.3) is 5.65 Å². The van der Waals surface area contributed by atoms with Gasteiger partial charge in [0.15, 0.2) is 5.65 Å². The van der Waals surface area contributed by atoms with E-state index in [0.29, 0.717) is 5.95 Å². The number of hydrogen-bond acceptors (Lipinski definition) is 4. The summed E-state index contributed by atoms with van der Waals surface area (Å²) < 4.78 is 1.80. The van der Waals surface area contributed by atoms with Gasteiger partial charge >= 0.3 is 0 Å². The largest absolute Gasteiger partial charge is 0.370 e. The first-order chi connectivity index (χ1) is 11.7. The van der Waals surface area contributed by atoms with Crippen LogP contribution in [0.15, 0.2) is 42.6 Å². The molecule has 0 amide bonds. The van der Waals surface area contributed by atoms with Gasteiger partial charge in [0.05, 0.1) is 11.9 Å². The average molecular weight is 321 g/mol. The number of pyridine rings is 1. The van der Waals surface area contributed by atoms with E-state index in [1.807, 2.05) is 6.20 Å². The molecule has 3 aromatic rings. The molecule has 1 aromatic carbocycles. The molecule has 1 fully saturated rings. The van der Waals surface area contributed by atoms with Crippen molar-refractivity contribution in [2.75, 3.05) is 23.7 Å². The highest BCUT2D eigenvalue weighted by Crippen LogP contribution is 2.27. The molecule has 0 spiro atoms. The predicted molar refractivity (Wildman–Crippen MR) is 97.2 cm³/mol. The Morgan fingerprint density at radius 3 is 2.67 bits per heavy atom. The molecule has 3 heterocycles. The van der Waals surface area contributed by atoms with Crippen LogP contribution in [0.4, 0.5) is 11.6 Å². The van der Waals surface area contributed by atoms with E-state index in [1.165, 1.54) is 30.5 Å². The van der Waals surface area contributed by atoms with Gasteiger partial charge in [0.2, 0.25) is 5.95 Å². The molecule has 124 valence electrons. The molecule has 0 saturated carbocycles. The summed E-state index contributed by atoms with van der Waals surface area (Å²) in [6.07, 6.45) is 5.69. The Bertz CT molecular complexity index is 832. The zero-order chi connectivity index (χ0) is 16.5. The van der Waals surface area contributed by atoms with Crippen molar-refractivity contribution in [2.24, 2.45) is 5.92 Å². The number of piperidine rings is 1. The first-order valence-corrected chi connectivity index (χ1v) is 8.60. The van der Waals surface area contributed by atoms with Crippen molar-refractivity contribution in [2.45, 2.75) is 26.2 Å². The third-order valence-electron chi connectivity index (χ3n) is 4.97. The van der Waals surface area contributed by atoms with Crippen molar-refractivity contribution in [1.29, 1.82) is 0 Å². The minimum absolute atomic E-state index is 0.330. The Morgan fingerprint density at radius 1 is 1.17 bits per heavy atom. The minimum Gasteiger partial charge on any atom is -0.370 e. The van der Waals surface area contributed by atoms with Gasteiger partial charge in [0.25, 0.3) is 0 Å². The van der Waals surface area contributed by atoms with Crippen LogP contribution < -0.4 is 10.6 Å². The molecule has 2 aromatic heterocycles. The van der Waals surface area contributed by atoms with Gasteiger partial charge < -0.3 is 10.6 Å². The number of aryl methyl sites for hydroxylation is 1. The number of nitrogens with two attached hydrogens (primary N) is 1. The summed E-state index contributed by atoms with van der Waals surface area (Å²) in [5.41, 5.74) is 10.3. The van der Waals surface area contributed by atoms with E-state index in [0.717, 1.165) is 30.2 Å². The second kappa shape index (κ2) is 6.15. The number of aromatic nitrogens is 3. The molecule has 24 heavy (non-hydrogen) atoms. The van der Waals surface area contributed by atoms with Crippen LogP contribution in [0.1, 0.15) is 24.0 Å². The van der Waals surface area contributed by atoms with Gasteiger partial charge in [-0.1, -0.05) is 30.3 Å². The Kier molecular flexibility index (Phi) is 3.84. The van der Waals surface area contributed by atoms with Gasteiger partial charge in [-0.2, -0.15) is 4.98 Å². The third kappa shape index (κ3) is 2.94. The van der Waals surface area contributed by atoms with Gasteiger partial charge in [-0.25, -0.2) is 4.52 Å². The Hall–Kier alpha value is -2.56. The van der Waals surface area contributed by atoms with Crippen molar-refractivity contribution in [3.8, 4) is 0 Å². The van der Waals surface area contributed by atoms with Crippen molar-refractivity contribution in [3.63, 3.8) is 0 Å². The van der Waals surface area contributed by atoms with Crippen molar-refractivity contribution in [1.82, 2.24) is 14.6 Å². The number of nitrogen functional groups attached to an aromatic ring is 1. The maximum absolute atomic E-state index is 5.72. The topological polar surface area (TPSA) is 59.5 Å². The van der Waals surface area contributed by atoms with E-state index in [-0.39, 0.29) is 0 Å². The number of fused-ring (bicyclic) bond motifs is 1. The monoisotopic (exact) mass is 321 g/mol. The Morgan fingerprint density at radius 2 is 1.92 bits per heavy atom. The normalized spacial score (nSPS) is 16.0. The average Bonchev–Trinajstić information content (AvgIpc) is 2.97. The number of hydrogen-bond donors (Lipinski definition) is 1. The summed E-state index contributed by atoms with van der Waals surface area (Å²) in [5.74, 6) is 1.10. The van der Waals surface area contributed by atoms with Crippen LogP contribution in [0.3, 0.4) is 0 Å². The number of rotatable bonds is 3. The molecule has 0 radical (unpaired) electrons. The van der Waals surface area contributed by atoms with Crippen LogP contribution in [0.2, 0.25) is 0 Å². The summed E-state index contributed by atoms with van der Waals surface area (Å²) in [6, 6.07) is 13.0. The lowest BCUT2D eigenvalue weighted by molar-refractivity contribution is 0.403. The summed E-state index contributed by atoms with van der Waals surface area (Å²) in [5, 5.41) is 4.26. The smallest absolute Gasteiger partial charge is 0.240 e. The number of benzene rings is 1. The van der Waals surface area contributed by atoms with E-state index < -0.39 is 0 Å². The zero-order valence-electron chi connectivity index (χ0n) is 14.0. The van der Waals surface area contributed by atoms with Crippen LogP contribution in [-0.2, 0) is 6.42 Å². The van der Waals surface area contributed by atoms with E-state index in [1.54, 1.807) is 4.52 Å². The molecular weight excluding hydrogens is 298 g/mol. The van der Waals surface area contributed by atoms with Crippen molar-refractivity contribution >= 4 is 17.3 Å². The predicted octanol–water partition coefficient (Wildman–Crippen LogP) is 3.08. The summed E-state index contributed by atoms with van der Waals surface area (Å²) in [4.78, 5) is 6.72. The number of anilines is 2. The fourth-order valence-electron chi connectivity index (χ4n) is 3.66. The Labute approximate surface area is 142 Å². The molecule has 0 bridgehead atoms. The van der Waals surface area contributed by atoms with Gasteiger partial charge in [-0.05, 0) is 49.3 Å². The van der Waals surface area contributed by atoms with Crippen LogP contribution >= 0.6 is 0 Å². The highest BCUT2D eigenvalue weighted by Gasteiger charge is 2.20. The summed E-state index contributed by atoms with van der Waals surface area (Å²) >= 11 is 0. The fraction of sp³-hybridized carbons (Fsp3) is 0.368.